The predicted octanol–water partition coefficient (Wildman–Crippen LogP) is 6.10. The molecule has 4 rings (SSSR count). The summed E-state index contributed by atoms with van der Waals surface area (Å²) in [6, 6.07) is 20.5. The van der Waals surface area contributed by atoms with Gasteiger partial charge in [0.25, 0.3) is 0 Å². The number of nitrogens with zero attached hydrogens (tertiary/aromatic N) is 3. The second-order valence-corrected chi connectivity index (χ2v) is 9.73. The molecule has 0 radical (unpaired) electrons. The Hall–Kier alpha value is -3.15. The van der Waals surface area contributed by atoms with Crippen molar-refractivity contribution in [3.05, 3.63) is 83.5 Å². The van der Waals surface area contributed by atoms with Gasteiger partial charge in [-0.05, 0) is 57.6 Å². The molecular weight excluding hydrogens is 414 g/mol. The number of aryl methyl sites for hydroxylation is 2. The van der Waals surface area contributed by atoms with Gasteiger partial charge in [-0.15, -0.1) is 0 Å². The van der Waals surface area contributed by atoms with E-state index in [-0.39, 0.29) is 18.1 Å². The number of unbranched alkanes of at least 4 members (excludes halogenated alkanes) is 1. The summed E-state index contributed by atoms with van der Waals surface area (Å²) < 4.78 is 11.3. The Kier molecular flexibility index (Phi) is 7.11. The van der Waals surface area contributed by atoms with Gasteiger partial charge in [-0.2, -0.15) is 4.98 Å². The van der Waals surface area contributed by atoms with Crippen LogP contribution in [0, 0.1) is 0 Å². The first-order valence-corrected chi connectivity index (χ1v) is 11.8. The first-order valence-electron chi connectivity index (χ1n) is 11.8. The van der Waals surface area contributed by atoms with E-state index in [1.54, 1.807) is 4.90 Å². The van der Waals surface area contributed by atoms with E-state index in [1.165, 1.54) is 11.1 Å². The van der Waals surface area contributed by atoms with E-state index in [1.807, 2.05) is 45.0 Å². The lowest BCUT2D eigenvalue weighted by molar-refractivity contribution is 0.0198. The molecule has 0 saturated carbocycles. The molecule has 0 aliphatic carbocycles. The zero-order valence-electron chi connectivity index (χ0n) is 19.7. The molecule has 1 amide bonds. The van der Waals surface area contributed by atoms with Crippen LogP contribution in [0.25, 0.3) is 0 Å². The third-order valence-electron chi connectivity index (χ3n) is 5.93. The highest BCUT2D eigenvalue weighted by Gasteiger charge is 2.41. The van der Waals surface area contributed by atoms with Crippen LogP contribution < -0.4 is 0 Å². The molecule has 2 heterocycles. The van der Waals surface area contributed by atoms with Gasteiger partial charge in [0, 0.05) is 18.9 Å². The lowest BCUT2D eigenvalue weighted by atomic mass is 9.96. The van der Waals surface area contributed by atoms with Crippen LogP contribution in [0.15, 0.2) is 65.2 Å². The van der Waals surface area contributed by atoms with Gasteiger partial charge in [-0.25, -0.2) is 4.79 Å². The fourth-order valence-corrected chi connectivity index (χ4v) is 4.32. The molecule has 1 fully saturated rings. The van der Waals surface area contributed by atoms with Gasteiger partial charge in [0.15, 0.2) is 5.82 Å². The molecule has 2 atom stereocenters. The molecule has 1 aliphatic rings. The molecule has 1 aromatic heterocycles. The first kappa shape index (κ1) is 23.0. The molecule has 0 bridgehead atoms. The second-order valence-electron chi connectivity index (χ2n) is 9.73. The summed E-state index contributed by atoms with van der Waals surface area (Å²) in [5.74, 6) is 1.40. The molecule has 3 aromatic rings. The Morgan fingerprint density at radius 3 is 2.39 bits per heavy atom. The fraction of sp³-hybridized carbons (Fsp3) is 0.444. The number of aromatic nitrogens is 2. The number of amides is 1. The Labute approximate surface area is 196 Å². The van der Waals surface area contributed by atoms with Gasteiger partial charge in [0.05, 0.1) is 0 Å². The summed E-state index contributed by atoms with van der Waals surface area (Å²) in [6.45, 7) is 6.21. The third-order valence-corrected chi connectivity index (χ3v) is 5.93. The number of carbonyl (C=O) groups excluding carboxylic acids is 1. The molecule has 33 heavy (non-hydrogen) atoms. The third kappa shape index (κ3) is 6.21. The number of likely N-dealkylation sites (tertiary alicyclic amines) is 1. The van der Waals surface area contributed by atoms with Crippen molar-refractivity contribution < 1.29 is 14.1 Å². The zero-order valence-corrected chi connectivity index (χ0v) is 19.7. The van der Waals surface area contributed by atoms with Crippen molar-refractivity contribution >= 4 is 6.09 Å². The highest BCUT2D eigenvalue weighted by Crippen LogP contribution is 2.40. The first-order chi connectivity index (χ1) is 15.9. The molecular formula is C27H33N3O3. The van der Waals surface area contributed by atoms with Gasteiger partial charge in [-0.3, -0.25) is 4.90 Å². The SMILES string of the molecule is CC(C)(C)OC(=O)N1CC(c2ccccc2)C[C@H]1c1nc(CCCCc2ccccc2)no1. The van der Waals surface area contributed by atoms with Crippen molar-refractivity contribution in [2.45, 2.75) is 70.4 Å². The Morgan fingerprint density at radius 1 is 1.03 bits per heavy atom. The lowest BCUT2D eigenvalue weighted by Gasteiger charge is -2.27. The molecule has 1 unspecified atom stereocenters. The molecule has 1 aliphatic heterocycles. The number of carbonyl (C=O) groups is 1. The minimum Gasteiger partial charge on any atom is -0.444 e. The fourth-order valence-electron chi connectivity index (χ4n) is 4.32. The monoisotopic (exact) mass is 447 g/mol. The van der Waals surface area contributed by atoms with E-state index in [0.717, 1.165) is 32.1 Å². The second kappa shape index (κ2) is 10.2. The molecule has 1 saturated heterocycles. The van der Waals surface area contributed by atoms with E-state index >= 15 is 0 Å². The van der Waals surface area contributed by atoms with Crippen LogP contribution in [0.3, 0.4) is 0 Å². The average Bonchev–Trinajstić information content (AvgIpc) is 3.44. The van der Waals surface area contributed by atoms with Crippen molar-refractivity contribution in [1.29, 1.82) is 0 Å². The van der Waals surface area contributed by atoms with Crippen LogP contribution in [0.4, 0.5) is 4.79 Å². The van der Waals surface area contributed by atoms with Crippen molar-refractivity contribution in [3.63, 3.8) is 0 Å². The maximum absolute atomic E-state index is 13.0. The predicted molar refractivity (Wildman–Crippen MR) is 127 cm³/mol. The van der Waals surface area contributed by atoms with Crippen LogP contribution in [0.2, 0.25) is 0 Å². The van der Waals surface area contributed by atoms with E-state index in [4.69, 9.17) is 9.26 Å². The highest BCUT2D eigenvalue weighted by molar-refractivity contribution is 5.69. The summed E-state index contributed by atoms with van der Waals surface area (Å²) in [4.78, 5) is 19.4. The quantitative estimate of drug-likeness (QED) is 0.409. The van der Waals surface area contributed by atoms with Crippen molar-refractivity contribution in [3.8, 4) is 0 Å². The molecule has 6 nitrogen and oxygen atoms in total. The van der Waals surface area contributed by atoms with Crippen LogP contribution in [-0.2, 0) is 17.6 Å². The van der Waals surface area contributed by atoms with Gasteiger partial charge < -0.3 is 9.26 Å². The van der Waals surface area contributed by atoms with Crippen LogP contribution in [-0.4, -0.2) is 33.3 Å². The number of benzene rings is 2. The molecule has 174 valence electrons. The van der Waals surface area contributed by atoms with Gasteiger partial charge in [0.2, 0.25) is 5.89 Å². The summed E-state index contributed by atoms with van der Waals surface area (Å²) in [6.07, 6.45) is 4.25. The van der Waals surface area contributed by atoms with Crippen molar-refractivity contribution in [2.24, 2.45) is 0 Å². The normalized spacial score (nSPS) is 18.5. The molecule has 2 aromatic carbocycles. The number of rotatable bonds is 7. The number of hydrogen-bond acceptors (Lipinski definition) is 5. The lowest BCUT2D eigenvalue weighted by Crippen LogP contribution is -2.36. The van der Waals surface area contributed by atoms with Crippen molar-refractivity contribution in [2.75, 3.05) is 6.54 Å². The summed E-state index contributed by atoms with van der Waals surface area (Å²) in [7, 11) is 0. The Bertz CT molecular complexity index is 1030. The highest BCUT2D eigenvalue weighted by atomic mass is 16.6. The van der Waals surface area contributed by atoms with Gasteiger partial charge in [-0.1, -0.05) is 65.8 Å². The van der Waals surface area contributed by atoms with E-state index in [0.29, 0.717) is 18.3 Å². The maximum Gasteiger partial charge on any atom is 0.410 e. The number of ether oxygens (including phenoxy) is 1. The van der Waals surface area contributed by atoms with Crippen LogP contribution >= 0.6 is 0 Å². The Balaban J connectivity index is 1.42. The summed E-state index contributed by atoms with van der Waals surface area (Å²) in [5.41, 5.74) is 1.98. The standard InChI is InChI=1S/C27H33N3O3/c1-27(2,3)32-26(31)30-19-22(21-15-8-5-9-16-21)18-23(30)25-28-24(29-33-25)17-11-10-14-20-12-6-4-7-13-20/h4-9,12-13,15-16,22-23H,10-11,14,17-19H2,1-3H3/t22?,23-/m0/s1. The molecule has 6 heteroatoms. The van der Waals surface area contributed by atoms with Crippen molar-refractivity contribution in [1.82, 2.24) is 15.0 Å². The van der Waals surface area contributed by atoms with E-state index in [2.05, 4.69) is 46.5 Å². The average molecular weight is 448 g/mol. The smallest absolute Gasteiger partial charge is 0.410 e. The minimum absolute atomic E-state index is 0.199. The van der Waals surface area contributed by atoms with E-state index in [9.17, 15) is 4.79 Å². The van der Waals surface area contributed by atoms with Gasteiger partial charge >= 0.3 is 6.09 Å². The number of hydrogen-bond donors (Lipinski definition) is 0. The molecule has 0 N–H and O–H groups in total. The largest absolute Gasteiger partial charge is 0.444 e. The van der Waals surface area contributed by atoms with Gasteiger partial charge in [0.1, 0.15) is 11.6 Å². The van der Waals surface area contributed by atoms with Crippen LogP contribution in [0.5, 0.6) is 0 Å². The van der Waals surface area contributed by atoms with Crippen LogP contribution in [0.1, 0.15) is 74.8 Å². The Morgan fingerprint density at radius 2 is 1.70 bits per heavy atom. The maximum atomic E-state index is 13.0. The topological polar surface area (TPSA) is 68.5 Å². The molecule has 0 spiro atoms. The summed E-state index contributed by atoms with van der Waals surface area (Å²) in [5, 5.41) is 4.21. The zero-order chi connectivity index (χ0) is 23.3. The van der Waals surface area contributed by atoms with E-state index < -0.39 is 5.60 Å². The summed E-state index contributed by atoms with van der Waals surface area (Å²) >= 11 is 0. The minimum atomic E-state index is -0.564.